The molecule has 0 aliphatic carbocycles. The first kappa shape index (κ1) is 20.0. The molecule has 1 unspecified atom stereocenters. The van der Waals surface area contributed by atoms with E-state index < -0.39 is 0 Å². The van der Waals surface area contributed by atoms with Gasteiger partial charge in [-0.05, 0) is 72.9 Å². The molecular weight excluding hydrogens is 376 g/mol. The van der Waals surface area contributed by atoms with Crippen LogP contribution >= 0.6 is 11.6 Å². The van der Waals surface area contributed by atoms with Crippen molar-refractivity contribution in [1.29, 1.82) is 0 Å². The lowest BCUT2D eigenvalue weighted by atomic mass is 10.0. The zero-order chi connectivity index (χ0) is 19.9. The summed E-state index contributed by atoms with van der Waals surface area (Å²) in [5, 5.41) is 14.9. The van der Waals surface area contributed by atoms with Gasteiger partial charge in [0.05, 0.1) is 18.2 Å². The number of aromatic nitrogens is 4. The van der Waals surface area contributed by atoms with E-state index in [0.29, 0.717) is 11.4 Å². The van der Waals surface area contributed by atoms with Crippen molar-refractivity contribution in [1.82, 2.24) is 30.4 Å². The summed E-state index contributed by atoms with van der Waals surface area (Å²) in [6.45, 7) is 0.869. The molecule has 1 atom stereocenters. The molecule has 0 bridgehead atoms. The van der Waals surface area contributed by atoms with Gasteiger partial charge in [0.25, 0.3) is 0 Å². The van der Waals surface area contributed by atoms with Gasteiger partial charge >= 0.3 is 0 Å². The summed E-state index contributed by atoms with van der Waals surface area (Å²) < 4.78 is 1.57. The Bertz CT molecular complexity index is 878. The molecule has 0 saturated carbocycles. The lowest BCUT2D eigenvalue weighted by Crippen LogP contribution is -2.32. The normalized spacial score (nSPS) is 12.1. The highest BCUT2D eigenvalue weighted by molar-refractivity contribution is 6.30. The topological polar surface area (TPSA) is 75.9 Å². The van der Waals surface area contributed by atoms with Gasteiger partial charge in [-0.2, -0.15) is 0 Å². The summed E-state index contributed by atoms with van der Waals surface area (Å²) in [7, 11) is 4.04. The second-order valence-corrected chi connectivity index (χ2v) is 7.30. The van der Waals surface area contributed by atoms with E-state index in [2.05, 4.69) is 25.7 Å². The zero-order valence-corrected chi connectivity index (χ0v) is 16.7. The molecule has 1 N–H and O–H groups in total. The van der Waals surface area contributed by atoms with Crippen molar-refractivity contribution >= 4 is 17.5 Å². The van der Waals surface area contributed by atoms with Gasteiger partial charge in [0.2, 0.25) is 5.91 Å². The molecule has 3 rings (SSSR count). The fourth-order valence-electron chi connectivity index (χ4n) is 2.88. The lowest BCUT2D eigenvalue weighted by molar-refractivity contribution is -0.121. The molecule has 1 aromatic heterocycles. The van der Waals surface area contributed by atoms with Crippen LogP contribution in [0, 0.1) is 0 Å². The highest BCUT2D eigenvalue weighted by atomic mass is 35.5. The van der Waals surface area contributed by atoms with Crippen molar-refractivity contribution in [3.8, 4) is 5.69 Å². The third kappa shape index (κ3) is 5.61. The fraction of sp³-hybridized carbons (Fsp3) is 0.300. The number of nitrogens with zero attached hydrogens (tertiary/aromatic N) is 5. The number of rotatable bonds is 8. The predicted molar refractivity (Wildman–Crippen MR) is 108 cm³/mol. The minimum Gasteiger partial charge on any atom is -0.349 e. The van der Waals surface area contributed by atoms with E-state index in [1.807, 2.05) is 62.6 Å². The van der Waals surface area contributed by atoms with Crippen LogP contribution < -0.4 is 5.32 Å². The maximum atomic E-state index is 12.6. The second-order valence-electron chi connectivity index (χ2n) is 6.86. The quantitative estimate of drug-likeness (QED) is 0.631. The van der Waals surface area contributed by atoms with Crippen LogP contribution in [-0.4, -0.2) is 51.7 Å². The number of hydrogen-bond acceptors (Lipinski definition) is 5. The number of benzene rings is 2. The Labute approximate surface area is 169 Å². The van der Waals surface area contributed by atoms with Crippen LogP contribution in [0.4, 0.5) is 0 Å². The number of tetrazole rings is 1. The average molecular weight is 399 g/mol. The summed E-state index contributed by atoms with van der Waals surface area (Å²) in [5.74, 6) is -0.0196. The third-order valence-electron chi connectivity index (χ3n) is 4.39. The molecule has 0 aliphatic rings. The third-order valence-corrected chi connectivity index (χ3v) is 4.64. The largest absolute Gasteiger partial charge is 0.349 e. The van der Waals surface area contributed by atoms with Crippen LogP contribution in [0.2, 0.25) is 5.02 Å². The van der Waals surface area contributed by atoms with E-state index in [4.69, 9.17) is 11.6 Å². The molecule has 0 aliphatic heterocycles. The van der Waals surface area contributed by atoms with Crippen molar-refractivity contribution in [3.63, 3.8) is 0 Å². The molecule has 0 spiro atoms. The number of hydrogen-bond donors (Lipinski definition) is 1. The summed E-state index contributed by atoms with van der Waals surface area (Å²) in [6.07, 6.45) is 2.66. The Morgan fingerprint density at radius 1 is 1.14 bits per heavy atom. The van der Waals surface area contributed by atoms with Gasteiger partial charge in [0.15, 0.2) is 0 Å². The van der Waals surface area contributed by atoms with E-state index in [0.717, 1.165) is 29.8 Å². The van der Waals surface area contributed by atoms with Crippen molar-refractivity contribution in [3.05, 3.63) is 71.0 Å². The first-order valence-electron chi connectivity index (χ1n) is 9.03. The van der Waals surface area contributed by atoms with Gasteiger partial charge in [-0.15, -0.1) is 5.10 Å². The van der Waals surface area contributed by atoms with Crippen LogP contribution in [0.1, 0.15) is 23.6 Å². The molecule has 0 radical (unpaired) electrons. The molecule has 7 nitrogen and oxygen atoms in total. The average Bonchev–Trinajstić information content (AvgIpc) is 3.21. The Balaban J connectivity index is 1.64. The minimum absolute atomic E-state index is 0.0196. The second kappa shape index (κ2) is 9.43. The SMILES string of the molecule is CN(C)CCC(NC(=O)Cc1ccc(-n2cnnn2)cc1)c1ccc(Cl)cc1. The highest BCUT2D eigenvalue weighted by Gasteiger charge is 2.15. The smallest absolute Gasteiger partial charge is 0.224 e. The van der Waals surface area contributed by atoms with Crippen molar-refractivity contribution < 1.29 is 4.79 Å². The zero-order valence-electron chi connectivity index (χ0n) is 15.9. The molecule has 1 heterocycles. The maximum absolute atomic E-state index is 12.6. The summed E-state index contributed by atoms with van der Waals surface area (Å²) in [6, 6.07) is 15.2. The van der Waals surface area contributed by atoms with E-state index >= 15 is 0 Å². The summed E-state index contributed by atoms with van der Waals surface area (Å²) in [4.78, 5) is 14.7. The van der Waals surface area contributed by atoms with Gasteiger partial charge in [-0.3, -0.25) is 4.79 Å². The molecule has 146 valence electrons. The van der Waals surface area contributed by atoms with Crippen LogP contribution in [-0.2, 0) is 11.2 Å². The Kier molecular flexibility index (Phi) is 6.73. The molecule has 28 heavy (non-hydrogen) atoms. The van der Waals surface area contributed by atoms with Gasteiger partial charge in [-0.1, -0.05) is 35.9 Å². The molecular formula is C20H23ClN6O. The first-order chi connectivity index (χ1) is 13.5. The van der Waals surface area contributed by atoms with Gasteiger partial charge in [0, 0.05) is 5.02 Å². The van der Waals surface area contributed by atoms with Crippen molar-refractivity contribution in [2.75, 3.05) is 20.6 Å². The monoisotopic (exact) mass is 398 g/mol. The van der Waals surface area contributed by atoms with Gasteiger partial charge < -0.3 is 10.2 Å². The van der Waals surface area contributed by atoms with E-state index in [9.17, 15) is 4.79 Å². The molecule has 3 aromatic rings. The number of amides is 1. The van der Waals surface area contributed by atoms with Crippen LogP contribution in [0.5, 0.6) is 0 Å². The molecule has 0 saturated heterocycles. The van der Waals surface area contributed by atoms with E-state index in [1.165, 1.54) is 6.33 Å². The standard InChI is InChI=1S/C20H23ClN6O/c1-26(2)12-11-19(16-5-7-17(21)8-6-16)23-20(28)13-15-3-9-18(10-4-15)27-14-22-24-25-27/h3-10,14,19H,11-13H2,1-2H3,(H,23,28). The van der Waals surface area contributed by atoms with Gasteiger partial charge in [0.1, 0.15) is 6.33 Å². The summed E-state index contributed by atoms with van der Waals surface area (Å²) >= 11 is 6.00. The van der Waals surface area contributed by atoms with Crippen LogP contribution in [0.15, 0.2) is 54.9 Å². The molecule has 0 fully saturated rings. The maximum Gasteiger partial charge on any atom is 0.224 e. The fourth-order valence-corrected chi connectivity index (χ4v) is 3.01. The highest BCUT2D eigenvalue weighted by Crippen LogP contribution is 2.20. The number of carbonyl (C=O) groups excluding carboxylic acids is 1. The Hall–Kier alpha value is -2.77. The van der Waals surface area contributed by atoms with Crippen LogP contribution in [0.3, 0.4) is 0 Å². The first-order valence-corrected chi connectivity index (χ1v) is 9.41. The van der Waals surface area contributed by atoms with Crippen LogP contribution in [0.25, 0.3) is 5.69 Å². The molecule has 1 amide bonds. The lowest BCUT2D eigenvalue weighted by Gasteiger charge is -2.21. The van der Waals surface area contributed by atoms with Crippen molar-refractivity contribution in [2.24, 2.45) is 0 Å². The molecule has 2 aromatic carbocycles. The number of carbonyl (C=O) groups is 1. The van der Waals surface area contributed by atoms with E-state index in [-0.39, 0.29) is 11.9 Å². The Morgan fingerprint density at radius 3 is 2.46 bits per heavy atom. The minimum atomic E-state index is -0.0623. The molecule has 8 heteroatoms. The van der Waals surface area contributed by atoms with E-state index in [1.54, 1.807) is 4.68 Å². The van der Waals surface area contributed by atoms with Crippen molar-refractivity contribution in [2.45, 2.75) is 18.9 Å². The summed E-state index contributed by atoms with van der Waals surface area (Å²) in [5.41, 5.74) is 2.82. The number of nitrogens with one attached hydrogen (secondary N) is 1. The number of halogens is 1. The Morgan fingerprint density at radius 2 is 1.86 bits per heavy atom. The van der Waals surface area contributed by atoms with Gasteiger partial charge in [-0.25, -0.2) is 4.68 Å². The predicted octanol–water partition coefficient (Wildman–Crippen LogP) is 2.67.